The van der Waals surface area contributed by atoms with E-state index in [1.165, 1.54) is 12.1 Å². The number of rotatable bonds is 12. The Labute approximate surface area is 200 Å². The Bertz CT molecular complexity index is 1140. The Morgan fingerprint density at radius 3 is 2.50 bits per heavy atom. The van der Waals surface area contributed by atoms with Crippen LogP contribution in [0.1, 0.15) is 54.4 Å². The second kappa shape index (κ2) is 11.5. The number of esters is 1. The molecule has 0 saturated carbocycles. The summed E-state index contributed by atoms with van der Waals surface area (Å²) in [5.74, 6) is 0.298. The van der Waals surface area contributed by atoms with E-state index in [2.05, 4.69) is 4.72 Å². The summed E-state index contributed by atoms with van der Waals surface area (Å²) in [5.41, 5.74) is 2.46. The van der Waals surface area contributed by atoms with Gasteiger partial charge in [-0.2, -0.15) is 0 Å². The number of aromatic nitrogens is 1. The molecule has 0 bridgehead atoms. The van der Waals surface area contributed by atoms with Crippen LogP contribution in [0.4, 0.5) is 0 Å². The molecule has 0 radical (unpaired) electrons. The molecule has 0 fully saturated rings. The normalized spacial score (nSPS) is 13.0. The minimum Gasteiger partial charge on any atom is -0.486 e. The molecule has 2 aromatic rings. The van der Waals surface area contributed by atoms with Gasteiger partial charge in [-0.15, -0.1) is 0 Å². The summed E-state index contributed by atoms with van der Waals surface area (Å²) in [4.78, 5) is 24.5. The van der Waals surface area contributed by atoms with Gasteiger partial charge in [-0.3, -0.25) is 9.59 Å². The second-order valence-electron chi connectivity index (χ2n) is 8.13. The SMILES string of the molecule is CCn1c(C)cc(C(=O)COC(=O)CCCCCNS(=O)(=O)c2ccc3c(c2)OCCO3)c1C. The number of carbonyl (C=O) groups excluding carboxylic acids is 2. The summed E-state index contributed by atoms with van der Waals surface area (Å²) in [6.45, 7) is 7.40. The van der Waals surface area contributed by atoms with Crippen LogP contribution < -0.4 is 14.2 Å². The Morgan fingerprint density at radius 2 is 1.79 bits per heavy atom. The van der Waals surface area contributed by atoms with Gasteiger partial charge >= 0.3 is 5.97 Å². The zero-order valence-corrected chi connectivity index (χ0v) is 20.7. The van der Waals surface area contributed by atoms with E-state index in [-0.39, 0.29) is 30.3 Å². The second-order valence-corrected chi connectivity index (χ2v) is 9.89. The Hall–Kier alpha value is -2.85. The van der Waals surface area contributed by atoms with Gasteiger partial charge in [-0.25, -0.2) is 13.1 Å². The predicted molar refractivity (Wildman–Crippen MR) is 126 cm³/mol. The summed E-state index contributed by atoms with van der Waals surface area (Å²) in [7, 11) is -3.67. The number of unbranched alkanes of at least 4 members (excludes halogenated alkanes) is 2. The van der Waals surface area contributed by atoms with Gasteiger partial charge < -0.3 is 18.8 Å². The summed E-state index contributed by atoms with van der Waals surface area (Å²) in [5, 5.41) is 0. The molecule has 1 aromatic carbocycles. The van der Waals surface area contributed by atoms with Crippen LogP contribution in [0, 0.1) is 13.8 Å². The fourth-order valence-electron chi connectivity index (χ4n) is 3.92. The van der Waals surface area contributed by atoms with Crippen molar-refractivity contribution in [3.05, 3.63) is 41.2 Å². The van der Waals surface area contributed by atoms with E-state index in [9.17, 15) is 18.0 Å². The van der Waals surface area contributed by atoms with E-state index in [1.807, 2.05) is 31.4 Å². The summed E-state index contributed by atoms with van der Waals surface area (Å²) in [6.07, 6.45) is 1.93. The molecular formula is C24H32N2O7S. The van der Waals surface area contributed by atoms with Gasteiger partial charge in [0.15, 0.2) is 18.1 Å². The van der Waals surface area contributed by atoms with Crippen LogP contribution in [0.3, 0.4) is 0 Å². The molecule has 0 saturated heterocycles. The van der Waals surface area contributed by atoms with Crippen LogP contribution >= 0.6 is 0 Å². The number of ether oxygens (including phenoxy) is 3. The standard InChI is InChI=1S/C24H32N2O7S/c1-4-26-17(2)14-20(18(26)3)21(27)16-33-24(28)8-6-5-7-11-25-34(29,30)19-9-10-22-23(15-19)32-13-12-31-22/h9-10,14-15,25H,4-8,11-13,16H2,1-3H3. The van der Waals surface area contributed by atoms with Crippen LogP contribution in [-0.4, -0.2) is 51.1 Å². The molecule has 0 atom stereocenters. The lowest BCUT2D eigenvalue weighted by Gasteiger charge is -2.18. The number of nitrogens with one attached hydrogen (secondary N) is 1. The fourth-order valence-corrected chi connectivity index (χ4v) is 5.01. The third-order valence-electron chi connectivity index (χ3n) is 5.73. The van der Waals surface area contributed by atoms with Gasteiger partial charge in [-0.05, 0) is 51.8 Å². The van der Waals surface area contributed by atoms with Gasteiger partial charge in [0.2, 0.25) is 15.8 Å². The average molecular weight is 493 g/mol. The van der Waals surface area contributed by atoms with Gasteiger partial charge in [0.05, 0.1) is 4.90 Å². The first-order valence-electron chi connectivity index (χ1n) is 11.5. The highest BCUT2D eigenvalue weighted by molar-refractivity contribution is 7.89. The lowest BCUT2D eigenvalue weighted by Crippen LogP contribution is -2.25. The largest absolute Gasteiger partial charge is 0.486 e. The van der Waals surface area contributed by atoms with Crippen LogP contribution in [-0.2, 0) is 26.1 Å². The average Bonchev–Trinajstić information content (AvgIpc) is 3.12. The van der Waals surface area contributed by atoms with Crippen molar-refractivity contribution in [2.24, 2.45) is 0 Å². The Kier molecular flexibility index (Phi) is 8.73. The maximum atomic E-state index is 12.5. The molecule has 1 aromatic heterocycles. The lowest BCUT2D eigenvalue weighted by molar-refractivity contribution is -0.142. The Morgan fingerprint density at radius 1 is 1.06 bits per heavy atom. The molecule has 0 spiro atoms. The first-order chi connectivity index (χ1) is 16.2. The van der Waals surface area contributed by atoms with E-state index in [4.69, 9.17) is 14.2 Å². The number of nitrogens with zero attached hydrogens (tertiary/aromatic N) is 1. The van der Waals surface area contributed by atoms with Gasteiger partial charge in [-0.1, -0.05) is 6.42 Å². The molecule has 0 aliphatic carbocycles. The van der Waals surface area contributed by atoms with Crippen molar-refractivity contribution < 1.29 is 32.2 Å². The van der Waals surface area contributed by atoms with Crippen molar-refractivity contribution in [1.29, 1.82) is 0 Å². The third kappa shape index (κ3) is 6.38. The topological polar surface area (TPSA) is 113 Å². The van der Waals surface area contributed by atoms with Crippen LogP contribution in [0.2, 0.25) is 0 Å². The highest BCUT2D eigenvalue weighted by atomic mass is 32.2. The van der Waals surface area contributed by atoms with Crippen molar-refractivity contribution in [2.45, 2.75) is 57.9 Å². The molecule has 9 nitrogen and oxygen atoms in total. The lowest BCUT2D eigenvalue weighted by atomic mass is 10.1. The number of hydrogen-bond donors (Lipinski definition) is 1. The van der Waals surface area contributed by atoms with Crippen molar-refractivity contribution in [2.75, 3.05) is 26.4 Å². The number of benzene rings is 1. The molecule has 3 rings (SSSR count). The van der Waals surface area contributed by atoms with Crippen molar-refractivity contribution in [3.63, 3.8) is 0 Å². The number of fused-ring (bicyclic) bond motifs is 1. The molecule has 34 heavy (non-hydrogen) atoms. The smallest absolute Gasteiger partial charge is 0.306 e. The van der Waals surface area contributed by atoms with Crippen LogP contribution in [0.15, 0.2) is 29.2 Å². The van der Waals surface area contributed by atoms with Gasteiger partial charge in [0.25, 0.3) is 0 Å². The van der Waals surface area contributed by atoms with Crippen LogP contribution in [0.5, 0.6) is 11.5 Å². The van der Waals surface area contributed by atoms with E-state index < -0.39 is 16.0 Å². The molecule has 1 aliphatic heterocycles. The maximum Gasteiger partial charge on any atom is 0.306 e. The quantitative estimate of drug-likeness (QED) is 0.275. The van der Waals surface area contributed by atoms with Crippen LogP contribution in [0.25, 0.3) is 0 Å². The van der Waals surface area contributed by atoms with E-state index >= 15 is 0 Å². The van der Waals surface area contributed by atoms with E-state index in [0.29, 0.717) is 49.5 Å². The minimum atomic E-state index is -3.67. The van der Waals surface area contributed by atoms with Gasteiger partial charge in [0.1, 0.15) is 13.2 Å². The highest BCUT2D eigenvalue weighted by Crippen LogP contribution is 2.32. The molecular weight excluding hydrogens is 460 g/mol. The number of Topliss-reactive ketones (excluding diaryl/α,β-unsaturated/α-hetero) is 1. The predicted octanol–water partition coefficient (Wildman–Crippen LogP) is 3.16. The van der Waals surface area contributed by atoms with Gasteiger partial charge in [0, 0.05) is 42.5 Å². The van der Waals surface area contributed by atoms with E-state index in [0.717, 1.165) is 17.9 Å². The van der Waals surface area contributed by atoms with E-state index in [1.54, 1.807) is 6.07 Å². The molecule has 0 unspecified atom stereocenters. The Balaban J connectivity index is 1.34. The first kappa shape index (κ1) is 25.8. The fraction of sp³-hybridized carbons (Fsp3) is 0.500. The van der Waals surface area contributed by atoms with Crippen molar-refractivity contribution in [1.82, 2.24) is 9.29 Å². The first-order valence-corrected chi connectivity index (χ1v) is 13.0. The minimum absolute atomic E-state index is 0.115. The maximum absolute atomic E-state index is 12.5. The molecule has 1 aliphatic rings. The number of ketones is 1. The monoisotopic (exact) mass is 492 g/mol. The molecule has 0 amide bonds. The number of carbonyl (C=O) groups is 2. The molecule has 186 valence electrons. The summed E-state index contributed by atoms with van der Waals surface area (Å²) >= 11 is 0. The number of aryl methyl sites for hydroxylation is 1. The van der Waals surface area contributed by atoms with Crippen molar-refractivity contribution >= 4 is 21.8 Å². The highest BCUT2D eigenvalue weighted by Gasteiger charge is 2.19. The molecule has 1 N–H and O–H groups in total. The zero-order valence-electron chi connectivity index (χ0n) is 19.9. The number of sulfonamides is 1. The molecule has 10 heteroatoms. The third-order valence-corrected chi connectivity index (χ3v) is 7.19. The summed E-state index contributed by atoms with van der Waals surface area (Å²) in [6, 6.07) is 6.34. The number of hydrogen-bond acceptors (Lipinski definition) is 7. The van der Waals surface area contributed by atoms with Crippen molar-refractivity contribution in [3.8, 4) is 11.5 Å². The molecule has 2 heterocycles. The summed E-state index contributed by atoms with van der Waals surface area (Å²) < 4.78 is 45.5. The zero-order chi connectivity index (χ0) is 24.7.